The molecular formula is C23H40N5NaO7. The molecule has 4 atom stereocenters. The molecule has 4 fully saturated rings. The molecule has 36 heavy (non-hydrogen) atoms. The number of amides is 2. The van der Waals surface area contributed by atoms with Crippen LogP contribution in [-0.4, -0.2) is 76.5 Å². The third-order valence-corrected chi connectivity index (χ3v) is 6.45. The Morgan fingerprint density at radius 1 is 0.750 bits per heavy atom. The van der Waals surface area contributed by atoms with Gasteiger partial charge in [0.25, 0.3) is 0 Å². The second-order valence-electron chi connectivity index (χ2n) is 11.7. The number of nitroso groups, excluding NO2 is 1. The number of carbonyl (C=O) groups is 2. The molecule has 3 heterocycles. The van der Waals surface area contributed by atoms with Gasteiger partial charge in [-0.2, -0.15) is 0 Å². The number of nitrogens with zero attached hydrogens (tertiary/aromatic N) is 5. The number of ether oxygens (including phenoxy) is 2. The molecule has 1 aliphatic carbocycles. The predicted octanol–water partition coefficient (Wildman–Crippen LogP) is 1.66. The summed E-state index contributed by atoms with van der Waals surface area (Å²) in [6.07, 6.45) is 5.34. The second kappa shape index (κ2) is 13.8. The minimum atomic E-state index is -0.476. The van der Waals surface area contributed by atoms with Crippen LogP contribution in [0, 0.1) is 26.9 Å². The summed E-state index contributed by atoms with van der Waals surface area (Å²) in [4.78, 5) is 46.0. The van der Waals surface area contributed by atoms with Gasteiger partial charge in [0.2, 0.25) is 0 Å². The van der Waals surface area contributed by atoms with Crippen LogP contribution in [0.15, 0.2) is 10.6 Å². The molecule has 4 rings (SSSR count). The standard InChI is InChI=1S/C12H21NO2.C11H19N3O3.HNO2.Na/c1-12(2,3)15-11(14)13-7-9-4-5-10(6-9)8-13;1-11(2,3)17-10(15)13-6-8-4-5-9(7-13)14(8)12-16;2-1-3;/h9-10H,4-8H2,1-3H3;8-9H,4-7H2,1-3H3;(H,2,3);/q;;;+1/p-1. The SMILES string of the molecule is CC(C)(C)OC(=O)N1CC2CCC(C1)N2N=O.CC(C)(C)OC(=O)N1CC2CCC(C2)C1.O=N[O-].[Na+]. The van der Waals surface area contributed by atoms with Gasteiger partial charge < -0.3 is 29.4 Å². The van der Waals surface area contributed by atoms with Crippen molar-refractivity contribution in [3.8, 4) is 0 Å². The Morgan fingerprint density at radius 2 is 1.11 bits per heavy atom. The molecule has 4 bridgehead atoms. The summed E-state index contributed by atoms with van der Waals surface area (Å²) in [5, 5.41) is 13.6. The molecule has 2 amide bonds. The minimum absolute atomic E-state index is 0. The van der Waals surface area contributed by atoms with Crippen molar-refractivity contribution in [3.05, 3.63) is 15.0 Å². The van der Waals surface area contributed by atoms with Crippen molar-refractivity contribution in [2.24, 2.45) is 22.5 Å². The summed E-state index contributed by atoms with van der Waals surface area (Å²) in [5.74, 6) is 1.47. The minimum Gasteiger partial charge on any atom is -0.444 e. The number of piperazine rings is 1. The van der Waals surface area contributed by atoms with E-state index in [0.717, 1.165) is 43.1 Å². The third kappa shape index (κ3) is 10.0. The maximum absolute atomic E-state index is 11.9. The summed E-state index contributed by atoms with van der Waals surface area (Å²) in [6.45, 7) is 14.2. The molecule has 4 unspecified atom stereocenters. The van der Waals surface area contributed by atoms with E-state index in [1.54, 1.807) is 9.91 Å². The number of fused-ring (bicyclic) bond motifs is 4. The molecule has 0 aromatic heterocycles. The molecule has 200 valence electrons. The summed E-state index contributed by atoms with van der Waals surface area (Å²) in [7, 11) is 0. The molecule has 0 spiro atoms. The molecule has 4 aliphatic rings. The Bertz CT molecular complexity index is 732. The molecule has 3 saturated heterocycles. The number of likely N-dealkylation sites (tertiary alicyclic amines) is 2. The zero-order chi connectivity index (χ0) is 26.4. The maximum Gasteiger partial charge on any atom is 1.00 e. The van der Waals surface area contributed by atoms with Gasteiger partial charge in [-0.1, -0.05) is 0 Å². The zero-order valence-corrected chi connectivity index (χ0v) is 24.8. The Kier molecular flexibility index (Phi) is 12.4. The van der Waals surface area contributed by atoms with Crippen LogP contribution in [0.5, 0.6) is 0 Å². The van der Waals surface area contributed by atoms with Gasteiger partial charge in [0.05, 0.1) is 17.4 Å². The Morgan fingerprint density at radius 3 is 1.44 bits per heavy atom. The van der Waals surface area contributed by atoms with Crippen molar-refractivity contribution in [2.75, 3.05) is 26.2 Å². The number of hydrogen-bond donors (Lipinski definition) is 0. The average molecular weight is 522 g/mol. The van der Waals surface area contributed by atoms with E-state index in [4.69, 9.17) is 19.6 Å². The van der Waals surface area contributed by atoms with Crippen molar-refractivity contribution in [3.63, 3.8) is 0 Å². The first-order valence-electron chi connectivity index (χ1n) is 12.3. The van der Waals surface area contributed by atoms with Gasteiger partial charge in [-0.3, -0.25) is 5.01 Å². The topological polar surface area (TPSA) is 144 Å². The largest absolute Gasteiger partial charge is 1.00 e. The van der Waals surface area contributed by atoms with Gasteiger partial charge in [0.1, 0.15) is 11.2 Å². The van der Waals surface area contributed by atoms with Crippen LogP contribution in [-0.2, 0) is 9.47 Å². The monoisotopic (exact) mass is 521 g/mol. The van der Waals surface area contributed by atoms with Crippen molar-refractivity contribution in [2.45, 2.75) is 96.9 Å². The van der Waals surface area contributed by atoms with E-state index in [2.05, 4.69) is 5.29 Å². The van der Waals surface area contributed by atoms with Crippen LogP contribution in [0.2, 0.25) is 0 Å². The molecular weight excluding hydrogens is 481 g/mol. The molecule has 1 saturated carbocycles. The first-order valence-corrected chi connectivity index (χ1v) is 12.3. The third-order valence-electron chi connectivity index (χ3n) is 6.45. The van der Waals surface area contributed by atoms with Gasteiger partial charge in [0.15, 0.2) is 0 Å². The molecule has 0 aromatic rings. The van der Waals surface area contributed by atoms with E-state index in [0.29, 0.717) is 13.1 Å². The van der Waals surface area contributed by atoms with Crippen LogP contribution >= 0.6 is 0 Å². The van der Waals surface area contributed by atoms with E-state index < -0.39 is 5.60 Å². The zero-order valence-electron chi connectivity index (χ0n) is 22.8. The maximum atomic E-state index is 11.9. The Labute approximate surface area is 235 Å². The van der Waals surface area contributed by atoms with Crippen LogP contribution < -0.4 is 29.6 Å². The Hall–Kier alpha value is -1.66. The van der Waals surface area contributed by atoms with Crippen LogP contribution in [0.1, 0.15) is 73.6 Å². The molecule has 13 heteroatoms. The smallest absolute Gasteiger partial charge is 0.444 e. The molecule has 0 N–H and O–H groups in total. The molecule has 12 nitrogen and oxygen atoms in total. The van der Waals surface area contributed by atoms with E-state index in [1.807, 2.05) is 46.4 Å². The number of carbonyl (C=O) groups excluding carboxylic acids is 2. The van der Waals surface area contributed by atoms with Gasteiger partial charge >= 0.3 is 41.7 Å². The van der Waals surface area contributed by atoms with Gasteiger partial charge in [-0.25, -0.2) is 9.59 Å². The fraction of sp³-hybridized carbons (Fsp3) is 0.913. The summed E-state index contributed by atoms with van der Waals surface area (Å²) < 4.78 is 10.7. The molecule has 3 aliphatic heterocycles. The van der Waals surface area contributed by atoms with Gasteiger partial charge in [-0.15, -0.1) is 10.2 Å². The van der Waals surface area contributed by atoms with Crippen LogP contribution in [0.3, 0.4) is 0 Å². The van der Waals surface area contributed by atoms with Crippen molar-refractivity contribution in [1.82, 2.24) is 14.8 Å². The van der Waals surface area contributed by atoms with Crippen LogP contribution in [0.4, 0.5) is 9.59 Å². The number of hydrogen-bond acceptors (Lipinski definition) is 9. The van der Waals surface area contributed by atoms with Gasteiger partial charge in [0, 0.05) is 26.2 Å². The molecule has 0 radical (unpaired) electrons. The summed E-state index contributed by atoms with van der Waals surface area (Å²) >= 11 is 0. The first-order chi connectivity index (χ1) is 16.3. The van der Waals surface area contributed by atoms with E-state index in [1.165, 1.54) is 19.3 Å². The fourth-order valence-corrected chi connectivity index (χ4v) is 5.17. The van der Waals surface area contributed by atoms with E-state index in [9.17, 15) is 14.5 Å². The quantitative estimate of drug-likeness (QED) is 0.288. The molecule has 0 aromatic carbocycles. The first kappa shape index (κ1) is 32.4. The van der Waals surface area contributed by atoms with Crippen molar-refractivity contribution >= 4 is 12.2 Å². The predicted molar refractivity (Wildman–Crippen MR) is 130 cm³/mol. The number of piperidine rings is 1. The summed E-state index contributed by atoms with van der Waals surface area (Å²) in [6, 6.07) is 0.137. The van der Waals surface area contributed by atoms with Crippen molar-refractivity contribution in [1.29, 1.82) is 0 Å². The van der Waals surface area contributed by atoms with Gasteiger partial charge in [-0.05, 0) is 85.5 Å². The van der Waals surface area contributed by atoms with E-state index in [-0.39, 0.29) is 59.4 Å². The normalized spacial score (nSPS) is 26.3. The average Bonchev–Trinajstić information content (AvgIpc) is 3.19. The van der Waals surface area contributed by atoms with Crippen molar-refractivity contribution < 1.29 is 48.6 Å². The fourth-order valence-electron chi connectivity index (χ4n) is 5.17. The Balaban J connectivity index is 0.000000319. The van der Waals surface area contributed by atoms with Crippen LogP contribution in [0.25, 0.3) is 0 Å². The second-order valence-corrected chi connectivity index (χ2v) is 11.7. The summed E-state index contributed by atoms with van der Waals surface area (Å²) in [5.41, 5.74) is -0.843. The van der Waals surface area contributed by atoms with E-state index >= 15 is 0 Å². The number of rotatable bonds is 1.